The third-order valence-corrected chi connectivity index (χ3v) is 4.21. The predicted octanol–water partition coefficient (Wildman–Crippen LogP) is 2.33. The summed E-state index contributed by atoms with van der Waals surface area (Å²) in [5.74, 6) is 1.90. The molecule has 0 aliphatic carbocycles. The summed E-state index contributed by atoms with van der Waals surface area (Å²) >= 11 is 0. The third-order valence-electron chi connectivity index (χ3n) is 4.21. The Morgan fingerprint density at radius 1 is 1.19 bits per heavy atom. The van der Waals surface area contributed by atoms with Crippen molar-refractivity contribution in [3.8, 4) is 17.2 Å². The van der Waals surface area contributed by atoms with Crippen LogP contribution in [0.3, 0.4) is 0 Å². The van der Waals surface area contributed by atoms with Gasteiger partial charge in [-0.1, -0.05) is 12.1 Å². The minimum atomic E-state index is -0.871. The minimum absolute atomic E-state index is 0.209. The standard InChI is InChI=1S/C19H23N3O4/c1-25-16-4-2-3-5-17(16)26-15-8-6-14(7-9-15)22-18(23)21-13-19(24)10-11-20-12-19/h2-9,20,24H,10-13H2,1H3,(H2,21,22,23)/t19-/m0/s1. The first-order chi connectivity index (χ1) is 12.6. The van der Waals surface area contributed by atoms with E-state index in [2.05, 4.69) is 16.0 Å². The van der Waals surface area contributed by atoms with Gasteiger partial charge in [-0.15, -0.1) is 0 Å². The topological polar surface area (TPSA) is 91.9 Å². The quantitative estimate of drug-likeness (QED) is 0.637. The molecule has 0 bridgehead atoms. The third kappa shape index (κ3) is 4.65. The Morgan fingerprint density at radius 3 is 2.58 bits per heavy atom. The number of ether oxygens (including phenoxy) is 2. The number of hydrogen-bond acceptors (Lipinski definition) is 5. The molecule has 3 rings (SSSR count). The molecule has 0 unspecified atom stereocenters. The van der Waals surface area contributed by atoms with Gasteiger partial charge in [0.05, 0.1) is 12.7 Å². The molecule has 4 N–H and O–H groups in total. The summed E-state index contributed by atoms with van der Waals surface area (Å²) in [7, 11) is 1.59. The van der Waals surface area contributed by atoms with Crippen LogP contribution in [0.5, 0.6) is 17.2 Å². The smallest absolute Gasteiger partial charge is 0.319 e. The van der Waals surface area contributed by atoms with Gasteiger partial charge in [0.1, 0.15) is 5.75 Å². The fraction of sp³-hybridized carbons (Fsp3) is 0.316. The van der Waals surface area contributed by atoms with Crippen molar-refractivity contribution in [2.24, 2.45) is 0 Å². The first-order valence-electron chi connectivity index (χ1n) is 8.47. The lowest BCUT2D eigenvalue weighted by Gasteiger charge is -2.21. The Labute approximate surface area is 152 Å². The highest BCUT2D eigenvalue weighted by Gasteiger charge is 2.31. The van der Waals surface area contributed by atoms with E-state index in [1.807, 2.05) is 24.3 Å². The number of amides is 2. The second-order valence-electron chi connectivity index (χ2n) is 6.24. The van der Waals surface area contributed by atoms with Gasteiger partial charge in [-0.25, -0.2) is 4.79 Å². The first-order valence-corrected chi connectivity index (χ1v) is 8.47. The second-order valence-corrected chi connectivity index (χ2v) is 6.24. The first kappa shape index (κ1) is 18.0. The number of carbonyl (C=O) groups excluding carboxylic acids is 1. The summed E-state index contributed by atoms with van der Waals surface area (Å²) in [5.41, 5.74) is -0.240. The number of methoxy groups -OCH3 is 1. The van der Waals surface area contributed by atoms with Gasteiger partial charge in [0.2, 0.25) is 0 Å². The van der Waals surface area contributed by atoms with Crippen LogP contribution in [0.25, 0.3) is 0 Å². The molecule has 0 radical (unpaired) electrons. The van der Waals surface area contributed by atoms with Crippen LogP contribution in [0.1, 0.15) is 6.42 Å². The largest absolute Gasteiger partial charge is 0.493 e. The van der Waals surface area contributed by atoms with Gasteiger partial charge in [-0.3, -0.25) is 0 Å². The zero-order chi connectivity index (χ0) is 18.4. The Bertz CT molecular complexity index is 743. The molecule has 2 amide bonds. The molecule has 1 atom stereocenters. The van der Waals surface area contributed by atoms with Crippen molar-refractivity contribution < 1.29 is 19.4 Å². The minimum Gasteiger partial charge on any atom is -0.493 e. The molecule has 0 aromatic heterocycles. The normalized spacial score (nSPS) is 19.0. The van der Waals surface area contributed by atoms with E-state index in [-0.39, 0.29) is 12.6 Å². The molecule has 0 spiro atoms. The van der Waals surface area contributed by atoms with E-state index in [4.69, 9.17) is 9.47 Å². The van der Waals surface area contributed by atoms with E-state index in [1.54, 1.807) is 31.4 Å². The van der Waals surface area contributed by atoms with E-state index in [1.165, 1.54) is 0 Å². The highest BCUT2D eigenvalue weighted by Crippen LogP contribution is 2.31. The van der Waals surface area contributed by atoms with Gasteiger partial charge < -0.3 is 30.5 Å². The second kappa shape index (κ2) is 8.07. The lowest BCUT2D eigenvalue weighted by atomic mass is 10.0. The van der Waals surface area contributed by atoms with Crippen LogP contribution in [0.2, 0.25) is 0 Å². The molecule has 1 aliphatic heterocycles. The molecular weight excluding hydrogens is 334 g/mol. The van der Waals surface area contributed by atoms with Gasteiger partial charge in [0.25, 0.3) is 0 Å². The number of hydrogen-bond donors (Lipinski definition) is 4. The highest BCUT2D eigenvalue weighted by atomic mass is 16.5. The number of rotatable bonds is 6. The van der Waals surface area contributed by atoms with Crippen molar-refractivity contribution in [3.05, 3.63) is 48.5 Å². The van der Waals surface area contributed by atoms with Crippen LogP contribution in [0.15, 0.2) is 48.5 Å². The molecule has 2 aromatic carbocycles. The van der Waals surface area contributed by atoms with Crippen molar-refractivity contribution in [2.75, 3.05) is 32.1 Å². The monoisotopic (exact) mass is 357 g/mol. The molecule has 2 aromatic rings. The number of benzene rings is 2. The molecular formula is C19H23N3O4. The molecule has 1 aliphatic rings. The Morgan fingerprint density at radius 2 is 1.92 bits per heavy atom. The van der Waals surface area contributed by atoms with Gasteiger partial charge in [-0.2, -0.15) is 0 Å². The summed E-state index contributed by atoms with van der Waals surface area (Å²) in [4.78, 5) is 12.0. The lowest BCUT2D eigenvalue weighted by molar-refractivity contribution is 0.0640. The van der Waals surface area contributed by atoms with E-state index in [0.29, 0.717) is 35.9 Å². The van der Waals surface area contributed by atoms with Crippen LogP contribution < -0.4 is 25.4 Å². The molecule has 138 valence electrons. The van der Waals surface area contributed by atoms with Gasteiger partial charge >= 0.3 is 6.03 Å². The van der Waals surface area contributed by atoms with Crippen LogP contribution in [0, 0.1) is 0 Å². The number of β-amino-alcohol motifs (C(OH)–C–C–N with tert-alkyl or cyclic N) is 1. The van der Waals surface area contributed by atoms with Crippen LogP contribution in [-0.2, 0) is 0 Å². The average Bonchev–Trinajstić information content (AvgIpc) is 3.09. The summed E-state index contributed by atoms with van der Waals surface area (Å²) < 4.78 is 11.1. The van der Waals surface area contributed by atoms with E-state index in [0.717, 1.165) is 6.54 Å². The number of nitrogens with one attached hydrogen (secondary N) is 3. The number of urea groups is 1. The molecule has 1 saturated heterocycles. The van der Waals surface area contributed by atoms with Crippen LogP contribution in [-0.4, -0.2) is 43.5 Å². The maximum Gasteiger partial charge on any atom is 0.319 e. The van der Waals surface area contributed by atoms with Crippen molar-refractivity contribution in [1.82, 2.24) is 10.6 Å². The number of aliphatic hydroxyl groups is 1. The van der Waals surface area contributed by atoms with Crippen molar-refractivity contribution in [1.29, 1.82) is 0 Å². The number of carbonyl (C=O) groups is 1. The Kier molecular flexibility index (Phi) is 5.60. The molecule has 0 saturated carbocycles. The fourth-order valence-electron chi connectivity index (χ4n) is 2.74. The zero-order valence-electron chi connectivity index (χ0n) is 14.6. The summed E-state index contributed by atoms with van der Waals surface area (Å²) in [6.45, 7) is 1.45. The fourth-order valence-corrected chi connectivity index (χ4v) is 2.74. The molecule has 26 heavy (non-hydrogen) atoms. The predicted molar refractivity (Wildman–Crippen MR) is 99.0 cm³/mol. The van der Waals surface area contributed by atoms with E-state index < -0.39 is 5.60 Å². The average molecular weight is 357 g/mol. The molecule has 1 fully saturated rings. The molecule has 7 nitrogen and oxygen atoms in total. The van der Waals surface area contributed by atoms with Gasteiger partial charge in [-0.05, 0) is 49.4 Å². The number of para-hydroxylation sites is 2. The molecule has 7 heteroatoms. The van der Waals surface area contributed by atoms with Crippen molar-refractivity contribution in [3.63, 3.8) is 0 Å². The van der Waals surface area contributed by atoms with Gasteiger partial charge in [0, 0.05) is 18.8 Å². The highest BCUT2D eigenvalue weighted by molar-refractivity contribution is 5.89. The summed E-state index contributed by atoms with van der Waals surface area (Å²) in [5, 5.41) is 18.7. The Balaban J connectivity index is 1.53. The number of anilines is 1. The summed E-state index contributed by atoms with van der Waals surface area (Å²) in [6, 6.07) is 14.0. The maximum absolute atomic E-state index is 12.0. The van der Waals surface area contributed by atoms with Crippen LogP contribution in [0.4, 0.5) is 10.5 Å². The van der Waals surface area contributed by atoms with Crippen molar-refractivity contribution >= 4 is 11.7 Å². The molecule has 1 heterocycles. The lowest BCUT2D eigenvalue weighted by Crippen LogP contribution is -2.45. The van der Waals surface area contributed by atoms with Crippen LogP contribution >= 0.6 is 0 Å². The summed E-state index contributed by atoms with van der Waals surface area (Å²) in [6.07, 6.45) is 0.627. The van der Waals surface area contributed by atoms with E-state index in [9.17, 15) is 9.90 Å². The SMILES string of the molecule is COc1ccccc1Oc1ccc(NC(=O)NC[C@]2(O)CCNC2)cc1. The maximum atomic E-state index is 12.0. The van der Waals surface area contributed by atoms with E-state index >= 15 is 0 Å². The zero-order valence-corrected chi connectivity index (χ0v) is 14.6. The van der Waals surface area contributed by atoms with Gasteiger partial charge in [0.15, 0.2) is 11.5 Å². The Hall–Kier alpha value is -2.77. The van der Waals surface area contributed by atoms with Crippen molar-refractivity contribution in [2.45, 2.75) is 12.0 Å².